The summed E-state index contributed by atoms with van der Waals surface area (Å²) in [4.78, 5) is 34.5. The first-order valence-electron chi connectivity index (χ1n) is 11.7. The summed E-state index contributed by atoms with van der Waals surface area (Å²) in [5.74, 6) is 0.308. The summed E-state index contributed by atoms with van der Waals surface area (Å²) in [7, 11) is 1.89. The van der Waals surface area contributed by atoms with Gasteiger partial charge in [-0.05, 0) is 56.3 Å². The van der Waals surface area contributed by atoms with Crippen molar-refractivity contribution < 1.29 is 4.79 Å². The summed E-state index contributed by atoms with van der Waals surface area (Å²) in [5.41, 5.74) is 10.6. The average molecular weight is 458 g/mol. The molecule has 2 heterocycles. The van der Waals surface area contributed by atoms with Gasteiger partial charge in [0.2, 0.25) is 5.78 Å². The van der Waals surface area contributed by atoms with Gasteiger partial charge in [0.1, 0.15) is 5.69 Å². The lowest BCUT2D eigenvalue weighted by molar-refractivity contribution is 0.104. The molecule has 3 aromatic rings. The molecule has 2 unspecified atom stereocenters. The second-order valence-electron chi connectivity index (χ2n) is 9.12. The molecule has 0 radical (unpaired) electrons. The second kappa shape index (κ2) is 10.1. The molecule has 0 aliphatic heterocycles. The lowest BCUT2D eigenvalue weighted by atomic mass is 10.1. The standard InChI is InChI=1S/C27H31N5O2/c1-17-4-10-22(12-17)32-16-21(9-11-26(32)34)24-15-30-18(2)27(31-24)25(33)13-23(28)20-7-5-19(6-8-20)14-29-3/h5-9,11,13,15-17,22,29H,4,10,12,14,28H2,1-3H3/b23-13-. The Morgan fingerprint density at radius 2 is 1.97 bits per heavy atom. The van der Waals surface area contributed by atoms with Crippen LogP contribution in [-0.4, -0.2) is 27.4 Å². The quantitative estimate of drug-likeness (QED) is 0.412. The van der Waals surface area contributed by atoms with E-state index in [1.54, 1.807) is 29.8 Å². The Morgan fingerprint density at radius 1 is 1.21 bits per heavy atom. The molecule has 1 aliphatic carbocycles. The molecule has 1 aliphatic rings. The number of hydrogen-bond acceptors (Lipinski definition) is 6. The van der Waals surface area contributed by atoms with Gasteiger partial charge >= 0.3 is 0 Å². The topological polar surface area (TPSA) is 103 Å². The van der Waals surface area contributed by atoms with Crippen LogP contribution in [0.4, 0.5) is 0 Å². The third-order valence-corrected chi connectivity index (χ3v) is 6.44. The number of allylic oxidation sites excluding steroid dienone is 1. The Labute approximate surface area is 199 Å². The first-order valence-corrected chi connectivity index (χ1v) is 11.7. The van der Waals surface area contributed by atoms with Crippen molar-refractivity contribution in [2.24, 2.45) is 11.7 Å². The number of ketones is 1. The summed E-state index contributed by atoms with van der Waals surface area (Å²) >= 11 is 0. The van der Waals surface area contributed by atoms with Crippen molar-refractivity contribution in [3.05, 3.63) is 87.7 Å². The predicted molar refractivity (Wildman–Crippen MR) is 134 cm³/mol. The number of benzene rings is 1. The molecule has 176 valence electrons. The number of aromatic nitrogens is 3. The maximum absolute atomic E-state index is 13.0. The van der Waals surface area contributed by atoms with Crippen LogP contribution in [-0.2, 0) is 6.54 Å². The molecule has 1 saturated carbocycles. The predicted octanol–water partition coefficient (Wildman–Crippen LogP) is 3.88. The molecule has 2 atom stereocenters. The third kappa shape index (κ3) is 5.15. The Kier molecular flexibility index (Phi) is 7.03. The molecule has 0 saturated heterocycles. The lowest BCUT2D eigenvalue weighted by Crippen LogP contribution is -2.22. The van der Waals surface area contributed by atoms with E-state index in [1.807, 2.05) is 37.5 Å². The van der Waals surface area contributed by atoms with Crippen LogP contribution in [0.25, 0.3) is 17.0 Å². The summed E-state index contributed by atoms with van der Waals surface area (Å²) in [6, 6.07) is 11.2. The van der Waals surface area contributed by atoms with Gasteiger partial charge in [0.25, 0.3) is 5.56 Å². The molecule has 0 amide bonds. The summed E-state index contributed by atoms with van der Waals surface area (Å²) in [6.07, 6.45) is 7.99. The molecule has 34 heavy (non-hydrogen) atoms. The maximum atomic E-state index is 13.0. The number of hydrogen-bond donors (Lipinski definition) is 2. The number of rotatable bonds is 7. The molecule has 7 nitrogen and oxygen atoms in total. The fourth-order valence-corrected chi connectivity index (χ4v) is 4.50. The van der Waals surface area contributed by atoms with Gasteiger partial charge in [-0.2, -0.15) is 0 Å². The zero-order valence-electron chi connectivity index (χ0n) is 19.9. The largest absolute Gasteiger partial charge is 0.398 e. The van der Waals surface area contributed by atoms with Crippen molar-refractivity contribution in [1.82, 2.24) is 19.9 Å². The van der Waals surface area contributed by atoms with Crippen molar-refractivity contribution in [3.63, 3.8) is 0 Å². The highest BCUT2D eigenvalue weighted by Crippen LogP contribution is 2.33. The van der Waals surface area contributed by atoms with Gasteiger partial charge in [-0.25, -0.2) is 4.98 Å². The van der Waals surface area contributed by atoms with Crippen molar-refractivity contribution >= 4 is 11.5 Å². The molecule has 4 rings (SSSR count). The Bertz CT molecular complexity index is 1280. The minimum absolute atomic E-state index is 0.0179. The van der Waals surface area contributed by atoms with Gasteiger partial charge in [-0.1, -0.05) is 31.2 Å². The van der Waals surface area contributed by atoms with Crippen LogP contribution >= 0.6 is 0 Å². The zero-order valence-corrected chi connectivity index (χ0v) is 19.9. The van der Waals surface area contributed by atoms with Crippen molar-refractivity contribution in [2.45, 2.75) is 45.7 Å². The van der Waals surface area contributed by atoms with Crippen molar-refractivity contribution in [3.8, 4) is 11.3 Å². The van der Waals surface area contributed by atoms with Crippen LogP contribution in [0.5, 0.6) is 0 Å². The fourth-order valence-electron chi connectivity index (χ4n) is 4.50. The van der Waals surface area contributed by atoms with Crippen LogP contribution in [0.3, 0.4) is 0 Å². The van der Waals surface area contributed by atoms with E-state index in [9.17, 15) is 9.59 Å². The number of nitrogens with zero attached hydrogens (tertiary/aromatic N) is 3. The Morgan fingerprint density at radius 3 is 2.65 bits per heavy atom. The molecule has 2 aromatic heterocycles. The normalized spacial score (nSPS) is 18.3. The monoisotopic (exact) mass is 457 g/mol. The van der Waals surface area contributed by atoms with E-state index in [2.05, 4.69) is 22.2 Å². The molecule has 0 spiro atoms. The van der Waals surface area contributed by atoms with Gasteiger partial charge in [0, 0.05) is 42.2 Å². The van der Waals surface area contributed by atoms with Crippen molar-refractivity contribution in [2.75, 3.05) is 7.05 Å². The van der Waals surface area contributed by atoms with Crippen LogP contribution in [0.15, 0.2) is 59.7 Å². The van der Waals surface area contributed by atoms with Gasteiger partial charge in [-0.3, -0.25) is 14.6 Å². The Hall–Kier alpha value is -3.58. The number of carbonyl (C=O) groups excluding carboxylic acids is 1. The lowest BCUT2D eigenvalue weighted by Gasteiger charge is -2.15. The maximum Gasteiger partial charge on any atom is 0.250 e. The van der Waals surface area contributed by atoms with Crippen LogP contribution < -0.4 is 16.6 Å². The molecule has 1 fully saturated rings. The molecular formula is C27H31N5O2. The van der Waals surface area contributed by atoms with E-state index >= 15 is 0 Å². The van der Waals surface area contributed by atoms with E-state index < -0.39 is 0 Å². The summed E-state index contributed by atoms with van der Waals surface area (Å²) in [6.45, 7) is 4.73. The van der Waals surface area contributed by atoms with Gasteiger partial charge in [0.15, 0.2) is 0 Å². The highest BCUT2D eigenvalue weighted by Gasteiger charge is 2.24. The number of pyridine rings is 1. The third-order valence-electron chi connectivity index (χ3n) is 6.44. The van der Waals surface area contributed by atoms with Crippen LogP contribution in [0, 0.1) is 12.8 Å². The molecular weight excluding hydrogens is 426 g/mol. The SMILES string of the molecule is CNCc1ccc(/C(N)=C/C(=O)c2nc(-c3ccc(=O)n(C4CCC(C)C4)c3)cnc2C)cc1. The minimum atomic E-state index is -0.304. The van der Waals surface area contributed by atoms with E-state index in [-0.39, 0.29) is 23.1 Å². The highest BCUT2D eigenvalue weighted by molar-refractivity contribution is 6.07. The van der Waals surface area contributed by atoms with Crippen LogP contribution in [0.1, 0.15) is 59.5 Å². The van der Waals surface area contributed by atoms with E-state index in [1.165, 1.54) is 6.08 Å². The van der Waals surface area contributed by atoms with Gasteiger partial charge < -0.3 is 15.6 Å². The number of aryl methyl sites for hydroxylation is 1. The minimum Gasteiger partial charge on any atom is -0.398 e. The molecule has 0 bridgehead atoms. The number of nitrogens with two attached hydrogens (primary N) is 1. The molecule has 1 aromatic carbocycles. The van der Waals surface area contributed by atoms with Gasteiger partial charge in [0.05, 0.1) is 17.6 Å². The first kappa shape index (κ1) is 23.6. The average Bonchev–Trinajstić information content (AvgIpc) is 3.26. The zero-order chi connectivity index (χ0) is 24.2. The summed E-state index contributed by atoms with van der Waals surface area (Å²) in [5, 5.41) is 3.10. The van der Waals surface area contributed by atoms with Crippen LogP contribution in [0.2, 0.25) is 0 Å². The van der Waals surface area contributed by atoms with Gasteiger partial charge in [-0.15, -0.1) is 0 Å². The Balaban J connectivity index is 1.61. The van der Waals surface area contributed by atoms with Crippen molar-refractivity contribution in [1.29, 1.82) is 0 Å². The summed E-state index contributed by atoms with van der Waals surface area (Å²) < 4.78 is 1.80. The van der Waals surface area contributed by atoms with E-state index in [0.717, 1.165) is 42.5 Å². The van der Waals surface area contributed by atoms with E-state index in [4.69, 9.17) is 5.73 Å². The first-order chi connectivity index (χ1) is 16.4. The smallest absolute Gasteiger partial charge is 0.250 e. The second-order valence-corrected chi connectivity index (χ2v) is 9.12. The number of nitrogens with one attached hydrogen (secondary N) is 1. The molecule has 3 N–H and O–H groups in total. The highest BCUT2D eigenvalue weighted by atomic mass is 16.1. The number of carbonyl (C=O) groups is 1. The van der Waals surface area contributed by atoms with E-state index in [0.29, 0.717) is 23.0 Å². The fraction of sp³-hybridized carbons (Fsp3) is 0.333. The molecule has 7 heteroatoms.